The van der Waals surface area contributed by atoms with Crippen LogP contribution in [0.25, 0.3) is 33.3 Å². The van der Waals surface area contributed by atoms with Crippen LogP contribution in [0.15, 0.2) is 67.0 Å². The van der Waals surface area contributed by atoms with E-state index in [1.54, 1.807) is 30.6 Å². The van der Waals surface area contributed by atoms with Crippen LogP contribution in [0, 0.1) is 0 Å². The lowest BCUT2D eigenvalue weighted by atomic mass is 9.97. The van der Waals surface area contributed by atoms with E-state index in [1.165, 1.54) is 0 Å². The van der Waals surface area contributed by atoms with Gasteiger partial charge < -0.3 is 4.98 Å². The minimum absolute atomic E-state index is 0.647. The summed E-state index contributed by atoms with van der Waals surface area (Å²) in [5.41, 5.74) is 7.16. The quantitative estimate of drug-likeness (QED) is 0.561. The summed E-state index contributed by atoms with van der Waals surface area (Å²) in [7, 11) is 0. The second-order valence-corrected chi connectivity index (χ2v) is 5.77. The van der Waals surface area contributed by atoms with E-state index in [1.807, 2.05) is 36.4 Å². The number of benzene rings is 3. The van der Waals surface area contributed by atoms with Crippen LogP contribution in [-0.4, -0.2) is 22.5 Å². The van der Waals surface area contributed by atoms with E-state index in [0.717, 1.165) is 45.9 Å². The molecule has 0 bridgehead atoms. The van der Waals surface area contributed by atoms with E-state index in [9.17, 15) is 9.59 Å². The monoisotopic (exact) mass is 326 g/mol. The fourth-order valence-corrected chi connectivity index (χ4v) is 2.99. The summed E-state index contributed by atoms with van der Waals surface area (Å²) >= 11 is 0. The van der Waals surface area contributed by atoms with Crippen LogP contribution in [-0.2, 0) is 0 Å². The van der Waals surface area contributed by atoms with Gasteiger partial charge in [0.1, 0.15) is 12.6 Å². The number of imidazole rings is 1. The summed E-state index contributed by atoms with van der Waals surface area (Å²) in [6, 6.07) is 19.0. The van der Waals surface area contributed by atoms with E-state index < -0.39 is 0 Å². The second-order valence-electron chi connectivity index (χ2n) is 5.77. The van der Waals surface area contributed by atoms with Gasteiger partial charge in [-0.25, -0.2) is 4.98 Å². The van der Waals surface area contributed by atoms with Crippen molar-refractivity contribution in [2.75, 3.05) is 0 Å². The number of nitrogens with zero attached hydrogens (tertiary/aromatic N) is 1. The van der Waals surface area contributed by atoms with Crippen molar-refractivity contribution in [3.8, 4) is 22.3 Å². The molecule has 0 atom stereocenters. The van der Waals surface area contributed by atoms with Crippen LogP contribution in [0.1, 0.15) is 20.7 Å². The van der Waals surface area contributed by atoms with Gasteiger partial charge >= 0.3 is 0 Å². The third kappa shape index (κ3) is 2.64. The molecule has 1 aromatic heterocycles. The van der Waals surface area contributed by atoms with Gasteiger partial charge in [0.05, 0.1) is 17.4 Å². The predicted molar refractivity (Wildman–Crippen MR) is 97.7 cm³/mol. The Morgan fingerprint density at radius 2 is 1.20 bits per heavy atom. The van der Waals surface area contributed by atoms with Crippen LogP contribution >= 0.6 is 0 Å². The number of nitrogens with one attached hydrogen (secondary N) is 1. The average molecular weight is 326 g/mol. The minimum atomic E-state index is 0.647. The van der Waals surface area contributed by atoms with Crippen LogP contribution in [0.4, 0.5) is 0 Å². The highest BCUT2D eigenvalue weighted by molar-refractivity contribution is 6.00. The molecule has 0 spiro atoms. The molecule has 0 unspecified atom stereocenters. The summed E-state index contributed by atoms with van der Waals surface area (Å²) in [4.78, 5) is 29.4. The molecule has 0 saturated heterocycles. The predicted octanol–water partition coefficient (Wildman–Crippen LogP) is 4.52. The van der Waals surface area contributed by atoms with Crippen molar-refractivity contribution < 1.29 is 9.59 Å². The number of H-pyrrole nitrogens is 1. The molecule has 1 heterocycles. The number of aromatic amines is 1. The van der Waals surface area contributed by atoms with E-state index in [2.05, 4.69) is 9.97 Å². The zero-order valence-electron chi connectivity index (χ0n) is 13.3. The van der Waals surface area contributed by atoms with Gasteiger partial charge in [-0.3, -0.25) is 9.59 Å². The highest BCUT2D eigenvalue weighted by Crippen LogP contribution is 2.33. The Hall–Kier alpha value is -3.53. The summed E-state index contributed by atoms with van der Waals surface area (Å²) in [5.74, 6) is 0. The van der Waals surface area contributed by atoms with E-state index in [-0.39, 0.29) is 0 Å². The Balaban J connectivity index is 1.85. The molecule has 0 aliphatic heterocycles. The molecule has 0 radical (unpaired) electrons. The first-order chi connectivity index (χ1) is 12.3. The third-order valence-corrected chi connectivity index (χ3v) is 4.30. The molecule has 4 aromatic rings. The zero-order valence-corrected chi connectivity index (χ0v) is 13.3. The summed E-state index contributed by atoms with van der Waals surface area (Å²) in [5, 5.41) is 0. The molecular weight excluding hydrogens is 312 g/mol. The number of carbonyl (C=O) groups excluding carboxylic acids is 2. The molecule has 0 aliphatic rings. The first kappa shape index (κ1) is 15.0. The van der Waals surface area contributed by atoms with Gasteiger partial charge in [0.25, 0.3) is 0 Å². The third-order valence-electron chi connectivity index (χ3n) is 4.30. The Labute approximate surface area is 144 Å². The first-order valence-corrected chi connectivity index (χ1v) is 7.87. The molecule has 3 aromatic carbocycles. The maximum absolute atomic E-state index is 10.8. The fraction of sp³-hybridized carbons (Fsp3) is 0. The van der Waals surface area contributed by atoms with E-state index in [0.29, 0.717) is 11.1 Å². The maximum Gasteiger partial charge on any atom is 0.150 e. The fourth-order valence-electron chi connectivity index (χ4n) is 2.99. The Morgan fingerprint density at radius 1 is 0.680 bits per heavy atom. The summed E-state index contributed by atoms with van der Waals surface area (Å²) < 4.78 is 0. The lowest BCUT2D eigenvalue weighted by molar-refractivity contribution is 0.111. The van der Waals surface area contributed by atoms with Crippen molar-refractivity contribution in [2.45, 2.75) is 0 Å². The summed E-state index contributed by atoms with van der Waals surface area (Å²) in [6.45, 7) is 0. The molecule has 0 amide bonds. The number of hydrogen-bond donors (Lipinski definition) is 1. The normalized spacial score (nSPS) is 10.7. The standard InChI is InChI=1S/C21H14N2O2/c24-11-14-1-5-16(6-2-14)18-9-10-19(21-20(18)22-13-23-21)17-7-3-15(12-25)4-8-17/h1-13H,(H,22,23). The topological polar surface area (TPSA) is 62.8 Å². The van der Waals surface area contributed by atoms with Gasteiger partial charge in [-0.2, -0.15) is 0 Å². The molecule has 0 saturated carbocycles. The first-order valence-electron chi connectivity index (χ1n) is 7.87. The van der Waals surface area contributed by atoms with Crippen molar-refractivity contribution in [2.24, 2.45) is 0 Å². The number of fused-ring (bicyclic) bond motifs is 1. The van der Waals surface area contributed by atoms with Crippen molar-refractivity contribution in [3.05, 3.63) is 78.1 Å². The van der Waals surface area contributed by atoms with Crippen molar-refractivity contribution in [3.63, 3.8) is 0 Å². The molecule has 0 aliphatic carbocycles. The highest BCUT2D eigenvalue weighted by Gasteiger charge is 2.11. The lowest BCUT2D eigenvalue weighted by Gasteiger charge is -2.08. The van der Waals surface area contributed by atoms with Crippen molar-refractivity contribution >= 4 is 23.6 Å². The smallest absolute Gasteiger partial charge is 0.150 e. The Morgan fingerprint density at radius 3 is 1.76 bits per heavy atom. The van der Waals surface area contributed by atoms with E-state index in [4.69, 9.17) is 0 Å². The van der Waals surface area contributed by atoms with Gasteiger partial charge in [-0.1, -0.05) is 60.7 Å². The van der Waals surface area contributed by atoms with Crippen molar-refractivity contribution in [1.29, 1.82) is 0 Å². The van der Waals surface area contributed by atoms with Crippen LogP contribution in [0.2, 0.25) is 0 Å². The Bertz CT molecular complexity index is 976. The molecule has 0 fully saturated rings. The molecular formula is C21H14N2O2. The molecule has 1 N–H and O–H groups in total. The molecule has 25 heavy (non-hydrogen) atoms. The van der Waals surface area contributed by atoms with Crippen molar-refractivity contribution in [1.82, 2.24) is 9.97 Å². The van der Waals surface area contributed by atoms with Gasteiger partial charge in [0, 0.05) is 22.3 Å². The Kier molecular flexibility index (Phi) is 3.71. The van der Waals surface area contributed by atoms with Gasteiger partial charge in [0.2, 0.25) is 0 Å². The van der Waals surface area contributed by atoms with Gasteiger partial charge in [-0.15, -0.1) is 0 Å². The molecule has 4 heteroatoms. The second kappa shape index (κ2) is 6.17. The largest absolute Gasteiger partial charge is 0.344 e. The SMILES string of the molecule is O=Cc1ccc(-c2ccc(-c3ccc(C=O)cc3)c3[nH]cnc23)cc1. The summed E-state index contributed by atoms with van der Waals surface area (Å²) in [6.07, 6.45) is 3.35. The zero-order chi connectivity index (χ0) is 17.2. The minimum Gasteiger partial charge on any atom is -0.344 e. The molecule has 4 rings (SSSR count). The number of aldehydes is 2. The lowest BCUT2D eigenvalue weighted by Crippen LogP contribution is -1.87. The van der Waals surface area contributed by atoms with Crippen LogP contribution < -0.4 is 0 Å². The highest BCUT2D eigenvalue weighted by atomic mass is 16.1. The average Bonchev–Trinajstić information content (AvgIpc) is 3.17. The van der Waals surface area contributed by atoms with Gasteiger partial charge in [0.15, 0.2) is 0 Å². The number of hydrogen-bond acceptors (Lipinski definition) is 3. The van der Waals surface area contributed by atoms with Gasteiger partial charge in [-0.05, 0) is 11.1 Å². The van der Waals surface area contributed by atoms with Crippen LogP contribution in [0.5, 0.6) is 0 Å². The van der Waals surface area contributed by atoms with Crippen LogP contribution in [0.3, 0.4) is 0 Å². The number of carbonyl (C=O) groups is 2. The molecule has 4 nitrogen and oxygen atoms in total. The maximum atomic E-state index is 10.8. The number of rotatable bonds is 4. The molecule has 120 valence electrons. The van der Waals surface area contributed by atoms with E-state index >= 15 is 0 Å². The number of aromatic nitrogens is 2.